The molecule has 5 nitrogen and oxygen atoms in total. The van der Waals surface area contributed by atoms with Crippen molar-refractivity contribution in [1.29, 1.82) is 0 Å². The monoisotopic (exact) mass is 450 g/mol. The number of methoxy groups -OCH3 is 1. The maximum atomic E-state index is 13.3. The molecule has 2 aliphatic heterocycles. The van der Waals surface area contributed by atoms with Crippen LogP contribution in [0.1, 0.15) is 17.4 Å². The normalized spacial score (nSPS) is 21.7. The number of benzene rings is 2. The maximum Gasteiger partial charge on any atom is 0.229 e. The lowest BCUT2D eigenvalue weighted by Gasteiger charge is -2.27. The van der Waals surface area contributed by atoms with E-state index in [0.717, 1.165) is 22.8 Å². The first-order valence-electron chi connectivity index (χ1n) is 9.29. The largest absolute Gasteiger partial charge is 0.497 e. The third-order valence-corrected chi connectivity index (χ3v) is 7.07. The molecule has 4 rings (SSSR count). The first-order chi connectivity index (χ1) is 14.0. The SMILES string of the molecule is COc1ccc(N2CC(C(=O)N3CCSC3c3ccc(Cl)cc3Cl)CC2=O)cc1. The number of carbonyl (C=O) groups excluding carboxylic acids is 2. The number of anilines is 1. The molecule has 152 valence electrons. The summed E-state index contributed by atoms with van der Waals surface area (Å²) in [6.45, 7) is 1.02. The van der Waals surface area contributed by atoms with Crippen LogP contribution in [0.4, 0.5) is 5.69 Å². The molecule has 2 aromatic carbocycles. The molecule has 2 atom stereocenters. The van der Waals surface area contributed by atoms with Gasteiger partial charge in [-0.05, 0) is 36.4 Å². The third-order valence-electron chi connectivity index (χ3n) is 5.26. The number of hydrogen-bond donors (Lipinski definition) is 0. The Morgan fingerprint density at radius 2 is 1.93 bits per heavy atom. The quantitative estimate of drug-likeness (QED) is 0.681. The Morgan fingerprint density at radius 3 is 2.62 bits per heavy atom. The summed E-state index contributed by atoms with van der Waals surface area (Å²) in [6.07, 6.45) is 0.215. The van der Waals surface area contributed by atoms with Crippen molar-refractivity contribution in [3.63, 3.8) is 0 Å². The van der Waals surface area contributed by atoms with Gasteiger partial charge in [0.15, 0.2) is 0 Å². The zero-order valence-corrected chi connectivity index (χ0v) is 18.1. The second kappa shape index (κ2) is 8.46. The zero-order valence-electron chi connectivity index (χ0n) is 15.8. The highest BCUT2D eigenvalue weighted by Crippen LogP contribution is 2.43. The van der Waals surface area contributed by atoms with Gasteiger partial charge in [-0.15, -0.1) is 11.8 Å². The Hall–Kier alpha value is -1.89. The van der Waals surface area contributed by atoms with E-state index >= 15 is 0 Å². The van der Waals surface area contributed by atoms with Crippen molar-refractivity contribution in [1.82, 2.24) is 4.90 Å². The molecule has 2 aliphatic rings. The van der Waals surface area contributed by atoms with Crippen molar-refractivity contribution in [2.45, 2.75) is 11.8 Å². The van der Waals surface area contributed by atoms with Crippen LogP contribution in [0.25, 0.3) is 0 Å². The first kappa shape index (κ1) is 20.4. The molecule has 2 aromatic rings. The van der Waals surface area contributed by atoms with E-state index in [-0.39, 0.29) is 29.5 Å². The van der Waals surface area contributed by atoms with Gasteiger partial charge < -0.3 is 14.5 Å². The predicted octanol–water partition coefficient (Wildman–Crippen LogP) is 4.63. The highest BCUT2D eigenvalue weighted by atomic mass is 35.5. The molecule has 0 saturated carbocycles. The van der Waals surface area contributed by atoms with E-state index in [2.05, 4.69) is 0 Å². The van der Waals surface area contributed by atoms with E-state index in [1.165, 1.54) is 0 Å². The number of hydrogen-bond acceptors (Lipinski definition) is 4. The molecule has 0 bridgehead atoms. The standard InChI is InChI=1S/C21H20Cl2N2O3S/c1-28-16-5-3-15(4-6-16)25-12-13(10-19(25)26)20(27)24-8-9-29-21(24)17-7-2-14(22)11-18(17)23/h2-7,11,13,21H,8-10,12H2,1H3. The lowest BCUT2D eigenvalue weighted by molar-refractivity contribution is -0.136. The molecular formula is C21H20Cl2N2O3S. The van der Waals surface area contributed by atoms with Gasteiger partial charge in [0.2, 0.25) is 11.8 Å². The van der Waals surface area contributed by atoms with Gasteiger partial charge in [0.05, 0.1) is 13.0 Å². The molecule has 0 spiro atoms. The highest BCUT2D eigenvalue weighted by Gasteiger charge is 2.41. The fourth-order valence-electron chi connectivity index (χ4n) is 3.77. The summed E-state index contributed by atoms with van der Waals surface area (Å²) in [7, 11) is 1.60. The summed E-state index contributed by atoms with van der Waals surface area (Å²) in [5, 5.41) is 0.964. The van der Waals surface area contributed by atoms with Crippen molar-refractivity contribution in [3.05, 3.63) is 58.1 Å². The van der Waals surface area contributed by atoms with Crippen LogP contribution in [0.2, 0.25) is 10.0 Å². The minimum absolute atomic E-state index is 0.00428. The second-order valence-corrected chi connectivity index (χ2v) is 9.06. The van der Waals surface area contributed by atoms with Crippen molar-refractivity contribution in [2.24, 2.45) is 5.92 Å². The summed E-state index contributed by atoms with van der Waals surface area (Å²) in [5.41, 5.74) is 1.66. The number of rotatable bonds is 4. The number of amides is 2. The second-order valence-electron chi connectivity index (χ2n) is 7.02. The van der Waals surface area contributed by atoms with Gasteiger partial charge in [-0.3, -0.25) is 9.59 Å². The summed E-state index contributed by atoms with van der Waals surface area (Å²) in [4.78, 5) is 29.4. The van der Waals surface area contributed by atoms with Crippen LogP contribution >= 0.6 is 35.0 Å². The van der Waals surface area contributed by atoms with E-state index in [9.17, 15) is 9.59 Å². The van der Waals surface area contributed by atoms with Crippen molar-refractivity contribution in [2.75, 3.05) is 30.9 Å². The summed E-state index contributed by atoms with van der Waals surface area (Å²) in [5.74, 6) is 1.15. The van der Waals surface area contributed by atoms with E-state index in [0.29, 0.717) is 23.1 Å². The lowest BCUT2D eigenvalue weighted by atomic mass is 10.1. The Labute approximate surface area is 183 Å². The van der Waals surface area contributed by atoms with E-state index < -0.39 is 0 Å². The molecule has 2 fully saturated rings. The molecular weight excluding hydrogens is 431 g/mol. The smallest absolute Gasteiger partial charge is 0.229 e. The molecule has 2 heterocycles. The fraction of sp³-hybridized carbons (Fsp3) is 0.333. The van der Waals surface area contributed by atoms with Crippen molar-refractivity contribution >= 4 is 52.5 Å². The molecule has 0 aromatic heterocycles. The fourth-order valence-corrected chi connectivity index (χ4v) is 5.65. The Kier molecular flexibility index (Phi) is 5.95. The van der Waals surface area contributed by atoms with Gasteiger partial charge >= 0.3 is 0 Å². The van der Waals surface area contributed by atoms with Crippen LogP contribution in [0.15, 0.2) is 42.5 Å². The van der Waals surface area contributed by atoms with Gasteiger partial charge in [-0.25, -0.2) is 0 Å². The van der Waals surface area contributed by atoms with E-state index in [1.54, 1.807) is 35.9 Å². The summed E-state index contributed by atoms with van der Waals surface area (Å²) in [6, 6.07) is 12.7. The van der Waals surface area contributed by atoms with Gasteiger partial charge in [-0.2, -0.15) is 0 Å². The number of ether oxygens (including phenoxy) is 1. The lowest BCUT2D eigenvalue weighted by Crippen LogP contribution is -2.37. The molecule has 2 amide bonds. The molecule has 2 saturated heterocycles. The maximum absolute atomic E-state index is 13.3. The van der Waals surface area contributed by atoms with Crippen LogP contribution in [-0.4, -0.2) is 42.7 Å². The van der Waals surface area contributed by atoms with Gasteiger partial charge in [-0.1, -0.05) is 29.3 Å². The summed E-state index contributed by atoms with van der Waals surface area (Å²) < 4.78 is 5.17. The van der Waals surface area contributed by atoms with E-state index in [1.807, 2.05) is 35.2 Å². The summed E-state index contributed by atoms with van der Waals surface area (Å²) >= 11 is 14.1. The topological polar surface area (TPSA) is 49.9 Å². The Balaban J connectivity index is 1.51. The average Bonchev–Trinajstić information content (AvgIpc) is 3.34. The van der Waals surface area contributed by atoms with Crippen LogP contribution in [0.5, 0.6) is 5.75 Å². The van der Waals surface area contributed by atoms with Crippen LogP contribution in [0.3, 0.4) is 0 Å². The highest BCUT2D eigenvalue weighted by molar-refractivity contribution is 7.99. The first-order valence-corrected chi connectivity index (χ1v) is 11.1. The molecule has 0 N–H and O–H groups in total. The van der Waals surface area contributed by atoms with Crippen LogP contribution < -0.4 is 9.64 Å². The van der Waals surface area contributed by atoms with E-state index in [4.69, 9.17) is 27.9 Å². The average molecular weight is 451 g/mol. The van der Waals surface area contributed by atoms with Crippen LogP contribution in [-0.2, 0) is 9.59 Å². The number of carbonyl (C=O) groups is 2. The molecule has 0 aliphatic carbocycles. The van der Waals surface area contributed by atoms with Crippen molar-refractivity contribution < 1.29 is 14.3 Å². The van der Waals surface area contributed by atoms with Gasteiger partial charge in [0, 0.05) is 46.6 Å². The Bertz CT molecular complexity index is 938. The predicted molar refractivity (Wildman–Crippen MR) is 117 cm³/mol. The third kappa shape index (κ3) is 4.06. The molecule has 2 unspecified atom stereocenters. The minimum atomic E-state index is -0.364. The van der Waals surface area contributed by atoms with Gasteiger partial charge in [0.25, 0.3) is 0 Å². The number of nitrogens with zero attached hydrogens (tertiary/aromatic N) is 2. The Morgan fingerprint density at radius 1 is 1.17 bits per heavy atom. The van der Waals surface area contributed by atoms with Gasteiger partial charge in [0.1, 0.15) is 11.1 Å². The number of thioether (sulfide) groups is 1. The van der Waals surface area contributed by atoms with Crippen molar-refractivity contribution in [3.8, 4) is 5.75 Å². The molecule has 29 heavy (non-hydrogen) atoms. The zero-order chi connectivity index (χ0) is 20.5. The minimum Gasteiger partial charge on any atom is -0.497 e. The molecule has 8 heteroatoms. The van der Waals surface area contributed by atoms with Crippen LogP contribution in [0, 0.1) is 5.92 Å². The molecule has 0 radical (unpaired) electrons. The number of halogens is 2.